The molecule has 0 spiro atoms. The van der Waals surface area contributed by atoms with Gasteiger partial charge in [-0.05, 0) is 83.9 Å². The molecule has 0 fully saturated rings. The van der Waals surface area contributed by atoms with Gasteiger partial charge in [0, 0.05) is 38.0 Å². The second kappa shape index (κ2) is 9.94. The van der Waals surface area contributed by atoms with E-state index in [9.17, 15) is 0 Å². The van der Waals surface area contributed by atoms with E-state index in [0.717, 1.165) is 27.2 Å². The van der Waals surface area contributed by atoms with Crippen LogP contribution in [0.3, 0.4) is 0 Å². The Morgan fingerprint density at radius 2 is 0.949 bits per heavy atom. The minimum absolute atomic E-state index is 1.07. The Labute approximate surface area is 236 Å². The van der Waals surface area contributed by atoms with Gasteiger partial charge in [0.05, 0.1) is 11.0 Å². The predicted octanol–water partition coefficient (Wildman–Crippen LogP) is 10.7. The third kappa shape index (κ3) is 4.31. The van der Waals surface area contributed by atoms with E-state index in [1.165, 1.54) is 32.9 Å². The van der Waals surface area contributed by atoms with Crippen molar-refractivity contribution >= 4 is 54.8 Å². The molecule has 1 heterocycles. The van der Waals surface area contributed by atoms with Crippen molar-refractivity contribution < 1.29 is 0 Å². The van der Waals surface area contributed by atoms with Crippen LogP contribution in [-0.2, 0) is 0 Å². The lowest BCUT2D eigenvalue weighted by Crippen LogP contribution is -2.09. The van der Waals surface area contributed by atoms with Crippen LogP contribution in [0.15, 0.2) is 156 Å². The Morgan fingerprint density at radius 1 is 0.436 bits per heavy atom. The number of para-hydroxylation sites is 2. The monoisotopic (exact) mass is 564 g/mol. The first-order chi connectivity index (χ1) is 19.3. The van der Waals surface area contributed by atoms with Gasteiger partial charge in [-0.2, -0.15) is 0 Å². The van der Waals surface area contributed by atoms with E-state index in [2.05, 4.69) is 177 Å². The van der Waals surface area contributed by atoms with Crippen molar-refractivity contribution in [2.45, 2.75) is 0 Å². The van der Waals surface area contributed by atoms with Gasteiger partial charge in [-0.25, -0.2) is 0 Å². The molecule has 0 bridgehead atoms. The molecular weight excluding hydrogens is 540 g/mol. The predicted molar refractivity (Wildman–Crippen MR) is 169 cm³/mol. The molecule has 7 rings (SSSR count). The van der Waals surface area contributed by atoms with E-state index >= 15 is 0 Å². The Morgan fingerprint density at radius 3 is 1.64 bits per heavy atom. The maximum Gasteiger partial charge on any atom is 0.0542 e. The van der Waals surface area contributed by atoms with Crippen molar-refractivity contribution in [1.82, 2.24) is 4.57 Å². The molecule has 0 unspecified atom stereocenters. The van der Waals surface area contributed by atoms with Gasteiger partial charge in [-0.3, -0.25) is 0 Å². The Hall–Kier alpha value is -4.60. The summed E-state index contributed by atoms with van der Waals surface area (Å²) in [5, 5.41) is 2.44. The average molecular weight is 566 g/mol. The molecule has 0 radical (unpaired) electrons. The molecule has 0 amide bonds. The first-order valence-electron chi connectivity index (χ1n) is 13.1. The normalized spacial score (nSPS) is 11.2. The van der Waals surface area contributed by atoms with Crippen LogP contribution in [0, 0.1) is 0 Å². The van der Waals surface area contributed by atoms with Gasteiger partial charge < -0.3 is 9.47 Å². The first-order valence-corrected chi connectivity index (χ1v) is 13.9. The van der Waals surface area contributed by atoms with Crippen molar-refractivity contribution in [1.29, 1.82) is 0 Å². The number of aromatic nitrogens is 1. The van der Waals surface area contributed by atoms with Gasteiger partial charge in [0.2, 0.25) is 0 Å². The number of fused-ring (bicyclic) bond motifs is 3. The van der Waals surface area contributed by atoms with Crippen LogP contribution in [-0.4, -0.2) is 4.57 Å². The van der Waals surface area contributed by atoms with Crippen LogP contribution in [0.25, 0.3) is 38.6 Å². The minimum Gasteiger partial charge on any atom is -0.310 e. The number of benzene rings is 6. The fourth-order valence-corrected chi connectivity index (χ4v) is 5.80. The molecule has 0 atom stereocenters. The zero-order chi connectivity index (χ0) is 26.2. The van der Waals surface area contributed by atoms with Crippen LogP contribution in [0.4, 0.5) is 17.1 Å². The smallest absolute Gasteiger partial charge is 0.0542 e. The topological polar surface area (TPSA) is 8.17 Å². The highest BCUT2D eigenvalue weighted by Gasteiger charge is 2.17. The van der Waals surface area contributed by atoms with E-state index < -0.39 is 0 Å². The molecule has 0 aliphatic rings. The zero-order valence-electron chi connectivity index (χ0n) is 21.2. The molecule has 1 aromatic heterocycles. The molecule has 0 aliphatic heterocycles. The lowest BCUT2D eigenvalue weighted by atomic mass is 10.0. The number of halogens is 1. The van der Waals surface area contributed by atoms with E-state index in [1.54, 1.807) is 0 Å². The fourth-order valence-electron chi connectivity index (χ4n) is 5.44. The van der Waals surface area contributed by atoms with E-state index in [0.29, 0.717) is 0 Å². The van der Waals surface area contributed by atoms with Crippen LogP contribution in [0.5, 0.6) is 0 Å². The summed E-state index contributed by atoms with van der Waals surface area (Å²) in [6.07, 6.45) is 0. The fraction of sp³-hybridized carbons (Fsp3) is 0. The van der Waals surface area contributed by atoms with Gasteiger partial charge in [-0.1, -0.05) is 94.8 Å². The van der Waals surface area contributed by atoms with E-state index in [4.69, 9.17) is 0 Å². The second-order valence-corrected chi connectivity index (χ2v) is 10.5. The lowest BCUT2D eigenvalue weighted by Gasteiger charge is -2.26. The summed E-state index contributed by atoms with van der Waals surface area (Å²) in [5.74, 6) is 0. The second-order valence-electron chi connectivity index (χ2n) is 9.62. The molecule has 0 aliphatic carbocycles. The van der Waals surface area contributed by atoms with Crippen molar-refractivity contribution in [3.63, 3.8) is 0 Å². The summed E-state index contributed by atoms with van der Waals surface area (Å²) in [6.45, 7) is 0. The summed E-state index contributed by atoms with van der Waals surface area (Å²) in [7, 11) is 0. The van der Waals surface area contributed by atoms with E-state index in [1.807, 2.05) is 0 Å². The minimum atomic E-state index is 1.07. The van der Waals surface area contributed by atoms with Gasteiger partial charge in [0.1, 0.15) is 0 Å². The molecule has 3 heteroatoms. The third-order valence-electron chi connectivity index (χ3n) is 7.23. The lowest BCUT2D eigenvalue weighted by molar-refractivity contribution is 1.18. The summed E-state index contributed by atoms with van der Waals surface area (Å²) in [5.41, 5.74) is 9.32. The number of anilines is 3. The van der Waals surface area contributed by atoms with Crippen LogP contribution < -0.4 is 4.90 Å². The highest BCUT2D eigenvalue weighted by Crippen LogP contribution is 2.40. The Balaban J connectivity index is 1.42. The molecule has 186 valence electrons. The Bertz CT molecular complexity index is 1890. The molecule has 0 saturated carbocycles. The molecule has 0 saturated heterocycles. The van der Waals surface area contributed by atoms with Crippen LogP contribution >= 0.6 is 15.9 Å². The van der Waals surface area contributed by atoms with Gasteiger partial charge in [0.15, 0.2) is 0 Å². The van der Waals surface area contributed by atoms with Gasteiger partial charge in [-0.15, -0.1) is 0 Å². The zero-order valence-corrected chi connectivity index (χ0v) is 22.8. The van der Waals surface area contributed by atoms with Gasteiger partial charge >= 0.3 is 0 Å². The quantitative estimate of drug-likeness (QED) is 0.202. The third-order valence-corrected chi connectivity index (χ3v) is 7.72. The number of rotatable bonds is 5. The summed E-state index contributed by atoms with van der Waals surface area (Å²) >= 11 is 3.71. The summed E-state index contributed by atoms with van der Waals surface area (Å²) in [6, 6.07) is 53.9. The molecule has 7 aromatic rings. The van der Waals surface area contributed by atoms with Crippen molar-refractivity contribution in [3.8, 4) is 16.8 Å². The maximum absolute atomic E-state index is 3.71. The SMILES string of the molecule is Brc1ccc2c(c1)c1cc(N(c3ccccc3)c3ccc(-c4ccccc4)cc3)ccc1n2-c1ccccc1. The maximum atomic E-state index is 3.71. The largest absolute Gasteiger partial charge is 0.310 e. The molecular formula is C36H25BrN2. The molecule has 0 N–H and O–H groups in total. The molecule has 39 heavy (non-hydrogen) atoms. The number of hydrogen-bond acceptors (Lipinski definition) is 1. The average Bonchev–Trinajstić information content (AvgIpc) is 3.32. The molecule has 6 aromatic carbocycles. The number of hydrogen-bond donors (Lipinski definition) is 0. The van der Waals surface area contributed by atoms with Crippen molar-refractivity contribution in [2.24, 2.45) is 0 Å². The highest BCUT2D eigenvalue weighted by molar-refractivity contribution is 9.10. The van der Waals surface area contributed by atoms with Gasteiger partial charge in [0.25, 0.3) is 0 Å². The summed E-state index contributed by atoms with van der Waals surface area (Å²) < 4.78 is 3.42. The highest BCUT2D eigenvalue weighted by atomic mass is 79.9. The van der Waals surface area contributed by atoms with Crippen LogP contribution in [0.2, 0.25) is 0 Å². The Kier molecular flexibility index (Phi) is 5.99. The van der Waals surface area contributed by atoms with Crippen molar-refractivity contribution in [3.05, 3.63) is 156 Å². The van der Waals surface area contributed by atoms with Crippen LogP contribution in [0.1, 0.15) is 0 Å². The number of nitrogens with zero attached hydrogens (tertiary/aromatic N) is 2. The first kappa shape index (κ1) is 23.5. The standard InChI is InChI=1S/C36H25BrN2/c37-28-18-22-35-33(24-28)34-25-32(21-23-36(34)39(35)30-14-8-3-9-15-30)38(29-12-6-2-7-13-29)31-19-16-27(17-20-31)26-10-4-1-5-11-26/h1-25H. The molecule has 2 nitrogen and oxygen atoms in total. The van der Waals surface area contributed by atoms with E-state index in [-0.39, 0.29) is 0 Å². The summed E-state index contributed by atoms with van der Waals surface area (Å²) in [4.78, 5) is 2.33. The van der Waals surface area contributed by atoms with Crippen molar-refractivity contribution in [2.75, 3.05) is 4.90 Å².